The number of nitroso groups, excluding NO2 is 1. The quantitative estimate of drug-likeness (QED) is 0.175. The van der Waals surface area contributed by atoms with E-state index in [-0.39, 0.29) is 11.7 Å². The van der Waals surface area contributed by atoms with Gasteiger partial charge < -0.3 is 4.57 Å². The maximum atomic E-state index is 14.5. The van der Waals surface area contributed by atoms with E-state index in [1.165, 1.54) is 18.9 Å². The second kappa shape index (κ2) is 10.6. The van der Waals surface area contributed by atoms with Crippen LogP contribution in [0.1, 0.15) is 53.8 Å². The first kappa shape index (κ1) is 26.0. The zero-order valence-corrected chi connectivity index (χ0v) is 24.2. The molecule has 4 aromatic rings. The lowest BCUT2D eigenvalue weighted by Gasteiger charge is -2.18. The summed E-state index contributed by atoms with van der Waals surface area (Å²) in [7, 11) is 0. The molecule has 9 heteroatoms. The van der Waals surface area contributed by atoms with Crippen molar-refractivity contribution in [1.29, 1.82) is 0 Å². The Kier molecular flexibility index (Phi) is 7.45. The summed E-state index contributed by atoms with van der Waals surface area (Å²) in [6.07, 6.45) is 5.10. The van der Waals surface area contributed by atoms with Crippen LogP contribution in [-0.2, 0) is 19.5 Å². The standard InChI is InChI=1S/C28H28Br2FN5O/c1-16(10-20-11-21(29)6-9-26(20)34-37)24-12-22(31)7-8-23(24)28-32-17(2)13-35(28)15-25-18(3)33-36(27(25)30)14-19-4-5-19/h6-9,11-13,16,19H,4-5,10,14-15H2,1-3H3/t16-/m0/s1. The van der Waals surface area contributed by atoms with Gasteiger partial charge in [-0.05, 0) is 114 Å². The Bertz CT molecular complexity index is 1470. The molecule has 2 heterocycles. The third kappa shape index (κ3) is 5.62. The number of hydrogen-bond acceptors (Lipinski definition) is 4. The minimum Gasteiger partial charge on any atom is -0.326 e. The normalized spacial score (nSPS) is 14.2. The molecule has 2 aromatic heterocycles. The van der Waals surface area contributed by atoms with Crippen LogP contribution >= 0.6 is 31.9 Å². The van der Waals surface area contributed by atoms with Crippen molar-refractivity contribution in [2.24, 2.45) is 11.1 Å². The zero-order valence-electron chi connectivity index (χ0n) is 21.0. The van der Waals surface area contributed by atoms with E-state index in [0.29, 0.717) is 18.7 Å². The summed E-state index contributed by atoms with van der Waals surface area (Å²) in [4.78, 5) is 16.2. The van der Waals surface area contributed by atoms with Crippen molar-refractivity contribution < 1.29 is 4.39 Å². The van der Waals surface area contributed by atoms with Gasteiger partial charge in [-0.2, -0.15) is 5.10 Å². The van der Waals surface area contributed by atoms with Gasteiger partial charge in [0.25, 0.3) is 0 Å². The highest BCUT2D eigenvalue weighted by Gasteiger charge is 2.25. The Morgan fingerprint density at radius 2 is 1.95 bits per heavy atom. The van der Waals surface area contributed by atoms with Gasteiger partial charge in [-0.1, -0.05) is 22.9 Å². The molecule has 192 valence electrons. The van der Waals surface area contributed by atoms with E-state index in [9.17, 15) is 9.30 Å². The fourth-order valence-electron chi connectivity index (χ4n) is 4.88. The Hall–Kier alpha value is -2.65. The fraction of sp³-hybridized carbons (Fsp3) is 0.357. The minimum atomic E-state index is -0.302. The van der Waals surface area contributed by atoms with Gasteiger partial charge in [0.2, 0.25) is 0 Å². The predicted octanol–water partition coefficient (Wildman–Crippen LogP) is 8.23. The van der Waals surface area contributed by atoms with Crippen molar-refractivity contribution in [2.45, 2.75) is 59.0 Å². The van der Waals surface area contributed by atoms with Gasteiger partial charge in [-0.3, -0.25) is 4.68 Å². The minimum absolute atomic E-state index is 0.0827. The lowest BCUT2D eigenvalue weighted by Crippen LogP contribution is -2.07. The summed E-state index contributed by atoms with van der Waals surface area (Å²) in [6, 6.07) is 10.3. The first-order chi connectivity index (χ1) is 17.7. The summed E-state index contributed by atoms with van der Waals surface area (Å²) in [5.74, 6) is 1.12. The second-order valence-corrected chi connectivity index (χ2v) is 11.7. The van der Waals surface area contributed by atoms with Gasteiger partial charge in [-0.25, -0.2) is 9.37 Å². The van der Waals surface area contributed by atoms with Crippen LogP contribution in [0.4, 0.5) is 10.1 Å². The van der Waals surface area contributed by atoms with Crippen LogP contribution in [0.5, 0.6) is 0 Å². The third-order valence-corrected chi connectivity index (χ3v) is 8.37. The SMILES string of the molecule is Cc1cn(Cc2c(C)nn(CC3CC3)c2Br)c(-c2ccc(F)cc2[C@@H](C)Cc2cc(Br)ccc2N=O)n1. The Morgan fingerprint density at radius 3 is 2.68 bits per heavy atom. The molecule has 1 aliphatic rings. The van der Waals surface area contributed by atoms with E-state index in [1.54, 1.807) is 24.3 Å². The van der Waals surface area contributed by atoms with Gasteiger partial charge >= 0.3 is 0 Å². The lowest BCUT2D eigenvalue weighted by molar-refractivity contribution is 0.549. The van der Waals surface area contributed by atoms with Crippen molar-refractivity contribution in [3.8, 4) is 11.4 Å². The van der Waals surface area contributed by atoms with Crippen molar-refractivity contribution in [2.75, 3.05) is 0 Å². The largest absolute Gasteiger partial charge is 0.326 e. The summed E-state index contributed by atoms with van der Waals surface area (Å²) in [5.41, 5.74) is 5.91. The highest BCUT2D eigenvalue weighted by Crippen LogP contribution is 2.36. The van der Waals surface area contributed by atoms with E-state index in [1.807, 2.05) is 33.0 Å². The molecule has 0 radical (unpaired) electrons. The van der Waals surface area contributed by atoms with Crippen LogP contribution < -0.4 is 0 Å². The molecule has 0 saturated heterocycles. The summed E-state index contributed by atoms with van der Waals surface area (Å²) in [5, 5.41) is 7.96. The summed E-state index contributed by atoms with van der Waals surface area (Å²) in [6.45, 7) is 7.58. The van der Waals surface area contributed by atoms with Crippen molar-refractivity contribution in [1.82, 2.24) is 19.3 Å². The maximum absolute atomic E-state index is 14.5. The number of aromatic nitrogens is 4. The summed E-state index contributed by atoms with van der Waals surface area (Å²) < 4.78 is 20.6. The Balaban J connectivity index is 1.51. The molecule has 5 rings (SSSR count). The van der Waals surface area contributed by atoms with Crippen molar-refractivity contribution in [3.63, 3.8) is 0 Å². The molecular weight excluding hydrogens is 601 g/mol. The average molecular weight is 629 g/mol. The molecule has 6 nitrogen and oxygen atoms in total. The number of benzene rings is 2. The lowest BCUT2D eigenvalue weighted by atomic mass is 9.89. The summed E-state index contributed by atoms with van der Waals surface area (Å²) >= 11 is 7.27. The molecule has 1 aliphatic carbocycles. The molecule has 1 fully saturated rings. The molecule has 1 saturated carbocycles. The van der Waals surface area contributed by atoms with Gasteiger partial charge in [-0.15, -0.1) is 4.91 Å². The molecule has 0 amide bonds. The van der Waals surface area contributed by atoms with E-state index >= 15 is 0 Å². The first-order valence-corrected chi connectivity index (χ1v) is 14.0. The zero-order chi connectivity index (χ0) is 26.3. The number of rotatable bonds is 9. The Morgan fingerprint density at radius 1 is 1.16 bits per heavy atom. The van der Waals surface area contributed by atoms with Crippen molar-refractivity contribution in [3.05, 3.63) is 90.5 Å². The van der Waals surface area contributed by atoms with E-state index in [0.717, 1.165) is 61.0 Å². The predicted molar refractivity (Wildman–Crippen MR) is 151 cm³/mol. The van der Waals surface area contributed by atoms with Crippen LogP contribution in [0, 0.1) is 30.5 Å². The highest BCUT2D eigenvalue weighted by atomic mass is 79.9. The van der Waals surface area contributed by atoms with Crippen LogP contribution in [0.2, 0.25) is 0 Å². The van der Waals surface area contributed by atoms with Crippen LogP contribution in [0.25, 0.3) is 11.4 Å². The molecule has 0 spiro atoms. The number of halogens is 3. The van der Waals surface area contributed by atoms with Gasteiger partial charge in [0.1, 0.15) is 21.9 Å². The highest BCUT2D eigenvalue weighted by molar-refractivity contribution is 9.10. The smallest absolute Gasteiger partial charge is 0.140 e. The van der Waals surface area contributed by atoms with E-state index in [4.69, 9.17) is 10.1 Å². The third-order valence-electron chi connectivity index (χ3n) is 6.99. The van der Waals surface area contributed by atoms with E-state index in [2.05, 4.69) is 46.3 Å². The monoisotopic (exact) mass is 627 g/mol. The molecule has 1 atom stereocenters. The fourth-order valence-corrected chi connectivity index (χ4v) is 5.92. The molecule has 0 unspecified atom stereocenters. The molecule has 0 bridgehead atoms. The molecule has 37 heavy (non-hydrogen) atoms. The number of nitrogens with zero attached hydrogens (tertiary/aromatic N) is 5. The van der Waals surface area contributed by atoms with E-state index < -0.39 is 0 Å². The average Bonchev–Trinajstić information content (AvgIpc) is 3.55. The van der Waals surface area contributed by atoms with Crippen LogP contribution in [0.3, 0.4) is 0 Å². The Labute approximate surface area is 232 Å². The molecule has 2 aromatic carbocycles. The van der Waals surface area contributed by atoms with Gasteiger partial charge in [0.05, 0.1) is 17.9 Å². The number of hydrogen-bond donors (Lipinski definition) is 0. The van der Waals surface area contributed by atoms with Gasteiger partial charge in [0.15, 0.2) is 0 Å². The van der Waals surface area contributed by atoms with Gasteiger partial charge in [0, 0.05) is 28.3 Å². The van der Waals surface area contributed by atoms with Crippen LogP contribution in [0.15, 0.2) is 56.8 Å². The second-order valence-electron chi connectivity index (χ2n) is 10.0. The molecule has 0 N–H and O–H groups in total. The topological polar surface area (TPSA) is 65.1 Å². The molecular formula is C28H28Br2FN5O. The molecule has 0 aliphatic heterocycles. The number of imidazole rings is 1. The maximum Gasteiger partial charge on any atom is 0.140 e. The first-order valence-electron chi connectivity index (χ1n) is 12.4. The van der Waals surface area contributed by atoms with Crippen LogP contribution in [-0.4, -0.2) is 19.3 Å². The van der Waals surface area contributed by atoms with Crippen molar-refractivity contribution >= 4 is 37.5 Å². The number of aryl methyl sites for hydroxylation is 2.